The Morgan fingerprint density at radius 1 is 0.756 bits per heavy atom. The van der Waals surface area contributed by atoms with Crippen LogP contribution in [0.4, 0.5) is 4.79 Å². The quantitative estimate of drug-likeness (QED) is 0.358. The van der Waals surface area contributed by atoms with Crippen molar-refractivity contribution >= 4 is 29.3 Å². The maximum absolute atomic E-state index is 12.3. The molecule has 1 amide bonds. The molecular weight excluding hydrogens is 603 g/mol. The first kappa shape index (κ1) is 34.5. The minimum atomic E-state index is -0.432. The summed E-state index contributed by atoms with van der Waals surface area (Å²) in [7, 11) is 0. The molecular formula is C37H54Cl2N4O2. The second kappa shape index (κ2) is 14.5. The average molecular weight is 658 g/mol. The summed E-state index contributed by atoms with van der Waals surface area (Å²) in [5.41, 5.74) is 5.32. The molecule has 0 aliphatic carbocycles. The van der Waals surface area contributed by atoms with Gasteiger partial charge < -0.3 is 15.0 Å². The molecule has 4 heterocycles. The highest BCUT2D eigenvalue weighted by Gasteiger charge is 2.44. The number of hydrogen-bond acceptors (Lipinski definition) is 5. The Balaban J connectivity index is 0.000000186. The van der Waals surface area contributed by atoms with Gasteiger partial charge in [-0.05, 0) is 147 Å². The lowest BCUT2D eigenvalue weighted by molar-refractivity contribution is 0.00164. The van der Waals surface area contributed by atoms with Gasteiger partial charge in [-0.2, -0.15) is 0 Å². The molecule has 6 nitrogen and oxygen atoms in total. The molecule has 4 fully saturated rings. The Bertz CT molecular complexity index is 1310. The van der Waals surface area contributed by atoms with Crippen molar-refractivity contribution in [3.05, 3.63) is 68.7 Å². The summed E-state index contributed by atoms with van der Waals surface area (Å²) < 4.78 is 5.54. The van der Waals surface area contributed by atoms with Crippen LogP contribution in [0.15, 0.2) is 36.4 Å². The number of piperidine rings is 2. The Kier molecular flexibility index (Phi) is 11.1. The second-order valence-electron chi connectivity index (χ2n) is 14.9. The van der Waals surface area contributed by atoms with Crippen molar-refractivity contribution in [2.45, 2.75) is 116 Å². The van der Waals surface area contributed by atoms with Crippen molar-refractivity contribution in [2.75, 3.05) is 39.3 Å². The fraction of sp³-hybridized carbons (Fsp3) is 0.649. The van der Waals surface area contributed by atoms with Crippen molar-refractivity contribution < 1.29 is 9.53 Å². The number of nitrogens with one attached hydrogen (secondary N) is 1. The van der Waals surface area contributed by atoms with Gasteiger partial charge in [0.05, 0.1) is 0 Å². The topological polar surface area (TPSA) is 48.1 Å². The summed E-state index contributed by atoms with van der Waals surface area (Å²) in [4.78, 5) is 19.6. The fourth-order valence-electron chi connectivity index (χ4n) is 7.99. The fourth-order valence-corrected chi connectivity index (χ4v) is 8.22. The molecule has 2 aromatic carbocycles. The molecule has 8 heteroatoms. The first-order valence-electron chi connectivity index (χ1n) is 17.1. The average Bonchev–Trinajstić information content (AvgIpc) is 3.55. The molecule has 0 bridgehead atoms. The first-order chi connectivity index (χ1) is 21.4. The van der Waals surface area contributed by atoms with Gasteiger partial charge in [0.2, 0.25) is 0 Å². The number of halogens is 2. The van der Waals surface area contributed by atoms with E-state index in [1.165, 1.54) is 74.8 Å². The number of likely N-dealkylation sites (tertiary alicyclic amines) is 3. The molecule has 4 aliphatic heterocycles. The predicted molar refractivity (Wildman–Crippen MR) is 186 cm³/mol. The first-order valence-corrected chi connectivity index (χ1v) is 17.8. The number of ether oxygens (including phenoxy) is 1. The van der Waals surface area contributed by atoms with Crippen LogP contribution in [-0.4, -0.2) is 76.7 Å². The highest BCUT2D eigenvalue weighted by Crippen LogP contribution is 2.40. The second-order valence-corrected chi connectivity index (χ2v) is 15.7. The van der Waals surface area contributed by atoms with E-state index in [0.717, 1.165) is 61.2 Å². The van der Waals surface area contributed by atoms with Gasteiger partial charge in [-0.3, -0.25) is 9.80 Å². The van der Waals surface area contributed by atoms with E-state index in [1.54, 1.807) is 0 Å². The molecule has 0 unspecified atom stereocenters. The molecule has 4 saturated heterocycles. The van der Waals surface area contributed by atoms with Gasteiger partial charge in [-0.15, -0.1) is 0 Å². The molecule has 1 N–H and O–H groups in total. The van der Waals surface area contributed by atoms with Crippen molar-refractivity contribution in [1.82, 2.24) is 20.0 Å². The highest BCUT2D eigenvalue weighted by atomic mass is 35.5. The van der Waals surface area contributed by atoms with Gasteiger partial charge in [-0.1, -0.05) is 47.5 Å². The number of hydrogen-bond donors (Lipinski definition) is 1. The summed E-state index contributed by atoms with van der Waals surface area (Å²) >= 11 is 12.3. The summed E-state index contributed by atoms with van der Waals surface area (Å²) in [6, 6.07) is 12.8. The number of benzene rings is 2. The minimum Gasteiger partial charge on any atom is -0.444 e. The van der Waals surface area contributed by atoms with Crippen molar-refractivity contribution in [3.63, 3.8) is 0 Å². The molecule has 6 rings (SSSR count). The molecule has 0 saturated carbocycles. The van der Waals surface area contributed by atoms with E-state index >= 15 is 0 Å². The van der Waals surface area contributed by atoms with E-state index in [1.807, 2.05) is 37.8 Å². The van der Waals surface area contributed by atoms with E-state index in [-0.39, 0.29) is 11.6 Å². The number of aryl methyl sites for hydroxylation is 2. The predicted octanol–water partition coefficient (Wildman–Crippen LogP) is 8.38. The molecule has 2 aromatic rings. The van der Waals surface area contributed by atoms with Crippen LogP contribution in [0.2, 0.25) is 10.0 Å². The lowest BCUT2D eigenvalue weighted by Crippen LogP contribution is -2.53. The summed E-state index contributed by atoms with van der Waals surface area (Å²) in [6.07, 6.45) is 9.68. The Hall–Kier alpha value is -1.83. The van der Waals surface area contributed by atoms with Gasteiger partial charge in [-0.25, -0.2) is 4.79 Å². The van der Waals surface area contributed by atoms with E-state index < -0.39 is 5.60 Å². The molecule has 0 atom stereocenters. The third-order valence-corrected chi connectivity index (χ3v) is 11.4. The van der Waals surface area contributed by atoms with E-state index in [4.69, 9.17) is 27.9 Å². The normalized spacial score (nSPS) is 21.6. The third kappa shape index (κ3) is 8.56. The maximum Gasteiger partial charge on any atom is 0.410 e. The van der Waals surface area contributed by atoms with Crippen molar-refractivity contribution in [1.29, 1.82) is 0 Å². The minimum absolute atomic E-state index is 0.176. The van der Waals surface area contributed by atoms with Gasteiger partial charge >= 0.3 is 6.09 Å². The van der Waals surface area contributed by atoms with Gasteiger partial charge in [0.25, 0.3) is 0 Å². The van der Waals surface area contributed by atoms with Crippen LogP contribution < -0.4 is 5.32 Å². The standard InChI is InChI=1S/C21H31ClN2O2.C16H23ClN2/c1-16-14-17(6-7-18(16)22)15-24-11-5-8-21(24)9-12-23(13-10-21)19(25)26-20(2,3)4;1-13-11-14(3-4-15(13)17)12-19-10-2-5-16(19)6-8-18-9-7-16/h6-7,14H,5,8-13,15H2,1-4H3;3-4,11,18H,2,5-10,12H2,1H3. The van der Waals surface area contributed by atoms with Crippen LogP contribution in [0.3, 0.4) is 0 Å². The molecule has 2 spiro atoms. The van der Waals surface area contributed by atoms with Crippen LogP contribution in [-0.2, 0) is 17.8 Å². The lowest BCUT2D eigenvalue weighted by Gasteiger charge is -2.45. The number of rotatable bonds is 4. The SMILES string of the molecule is Cc1cc(CN2CCCC23CCN(C(=O)OC(C)(C)C)CC3)ccc1Cl.Cc1cc(CN2CCCC23CCNCC3)ccc1Cl. The number of carbonyl (C=O) groups is 1. The van der Waals surface area contributed by atoms with Crippen molar-refractivity contribution in [3.8, 4) is 0 Å². The zero-order chi connectivity index (χ0) is 32.2. The molecule has 248 valence electrons. The van der Waals surface area contributed by atoms with E-state index in [9.17, 15) is 4.79 Å². The van der Waals surface area contributed by atoms with Crippen LogP contribution in [0, 0.1) is 13.8 Å². The number of amides is 1. The van der Waals surface area contributed by atoms with Gasteiger partial charge in [0, 0.05) is 47.3 Å². The lowest BCUT2D eigenvalue weighted by atomic mass is 9.85. The van der Waals surface area contributed by atoms with E-state index in [0.29, 0.717) is 5.54 Å². The van der Waals surface area contributed by atoms with Crippen LogP contribution in [0.5, 0.6) is 0 Å². The number of nitrogens with zero attached hydrogens (tertiary/aromatic N) is 3. The third-order valence-electron chi connectivity index (χ3n) is 10.6. The van der Waals surface area contributed by atoms with E-state index in [2.05, 4.69) is 53.2 Å². The van der Waals surface area contributed by atoms with Crippen LogP contribution in [0.25, 0.3) is 0 Å². The maximum atomic E-state index is 12.3. The largest absolute Gasteiger partial charge is 0.444 e. The smallest absolute Gasteiger partial charge is 0.410 e. The molecule has 0 aromatic heterocycles. The van der Waals surface area contributed by atoms with Gasteiger partial charge in [0.1, 0.15) is 5.60 Å². The summed E-state index contributed by atoms with van der Waals surface area (Å²) in [5, 5.41) is 5.20. The monoisotopic (exact) mass is 656 g/mol. The zero-order valence-electron chi connectivity index (χ0n) is 28.2. The van der Waals surface area contributed by atoms with Gasteiger partial charge in [0.15, 0.2) is 0 Å². The van der Waals surface area contributed by atoms with Crippen LogP contribution >= 0.6 is 23.2 Å². The highest BCUT2D eigenvalue weighted by molar-refractivity contribution is 6.31. The summed E-state index contributed by atoms with van der Waals surface area (Å²) in [5.74, 6) is 0. The Labute approximate surface area is 281 Å². The Morgan fingerprint density at radius 3 is 1.67 bits per heavy atom. The van der Waals surface area contributed by atoms with Crippen LogP contribution in [0.1, 0.15) is 94.4 Å². The number of carbonyl (C=O) groups excluding carboxylic acids is 1. The van der Waals surface area contributed by atoms with Crippen molar-refractivity contribution in [2.24, 2.45) is 0 Å². The zero-order valence-corrected chi connectivity index (χ0v) is 29.7. The summed E-state index contributed by atoms with van der Waals surface area (Å²) in [6.45, 7) is 18.3. The molecule has 4 aliphatic rings. The Morgan fingerprint density at radius 2 is 1.22 bits per heavy atom. The molecule has 45 heavy (non-hydrogen) atoms. The molecule has 0 radical (unpaired) electrons.